The first kappa shape index (κ1) is 14.6. The standard InChI is InChI=1S/C13H15Br2NO/c1-4-5-9(2)16-8-10-6-11(14)13(17-3)12(15)7-10/h1,6-7,9,16H,5,8H2,2-3H3. The minimum Gasteiger partial charge on any atom is -0.494 e. The quantitative estimate of drug-likeness (QED) is 0.808. The molecule has 2 nitrogen and oxygen atoms in total. The van der Waals surface area contributed by atoms with Crippen molar-refractivity contribution in [3.05, 3.63) is 26.6 Å². The minimum atomic E-state index is 0.319. The van der Waals surface area contributed by atoms with Gasteiger partial charge in [-0.1, -0.05) is 0 Å². The van der Waals surface area contributed by atoms with E-state index in [2.05, 4.69) is 50.0 Å². The van der Waals surface area contributed by atoms with Gasteiger partial charge in [-0.2, -0.15) is 0 Å². The number of halogens is 2. The molecule has 1 unspecified atom stereocenters. The molecule has 1 N–H and O–H groups in total. The average Bonchev–Trinajstić information content (AvgIpc) is 2.26. The van der Waals surface area contributed by atoms with Crippen LogP contribution < -0.4 is 10.1 Å². The van der Waals surface area contributed by atoms with E-state index in [0.29, 0.717) is 6.04 Å². The van der Waals surface area contributed by atoms with Crippen LogP contribution in [0.25, 0.3) is 0 Å². The highest BCUT2D eigenvalue weighted by molar-refractivity contribution is 9.11. The van der Waals surface area contributed by atoms with Crippen molar-refractivity contribution in [2.45, 2.75) is 25.9 Å². The maximum Gasteiger partial charge on any atom is 0.147 e. The molecule has 0 heterocycles. The molecular formula is C13H15Br2NO. The van der Waals surface area contributed by atoms with Crippen LogP contribution in [0.1, 0.15) is 18.9 Å². The highest BCUT2D eigenvalue weighted by atomic mass is 79.9. The second-order valence-corrected chi connectivity index (χ2v) is 5.49. The van der Waals surface area contributed by atoms with Crippen molar-refractivity contribution < 1.29 is 4.74 Å². The number of hydrogen-bond donors (Lipinski definition) is 1. The summed E-state index contributed by atoms with van der Waals surface area (Å²) in [7, 11) is 1.65. The molecule has 0 saturated heterocycles. The molecule has 4 heteroatoms. The third kappa shape index (κ3) is 4.34. The van der Waals surface area contributed by atoms with Gasteiger partial charge in [0.2, 0.25) is 0 Å². The molecule has 0 aliphatic rings. The van der Waals surface area contributed by atoms with Gasteiger partial charge in [0.15, 0.2) is 0 Å². The van der Waals surface area contributed by atoms with Crippen molar-refractivity contribution >= 4 is 31.9 Å². The fourth-order valence-electron chi connectivity index (χ4n) is 1.45. The Morgan fingerprint density at radius 2 is 2.00 bits per heavy atom. The molecule has 1 atom stereocenters. The third-order valence-corrected chi connectivity index (χ3v) is 3.52. The van der Waals surface area contributed by atoms with Crippen molar-refractivity contribution in [3.8, 4) is 18.1 Å². The largest absolute Gasteiger partial charge is 0.494 e. The molecular weight excluding hydrogens is 346 g/mol. The van der Waals surface area contributed by atoms with Crippen LogP contribution in [0.2, 0.25) is 0 Å². The summed E-state index contributed by atoms with van der Waals surface area (Å²) in [5.41, 5.74) is 1.17. The van der Waals surface area contributed by atoms with Crippen LogP contribution in [0.4, 0.5) is 0 Å². The average molecular weight is 361 g/mol. The van der Waals surface area contributed by atoms with Crippen LogP contribution in [-0.2, 0) is 6.54 Å². The van der Waals surface area contributed by atoms with Gasteiger partial charge in [-0.15, -0.1) is 12.3 Å². The summed E-state index contributed by atoms with van der Waals surface area (Å²) in [6.07, 6.45) is 6.00. The molecule has 0 aromatic heterocycles. The highest BCUT2D eigenvalue weighted by Gasteiger charge is 2.08. The summed E-state index contributed by atoms with van der Waals surface area (Å²) in [4.78, 5) is 0. The Morgan fingerprint density at radius 3 is 2.47 bits per heavy atom. The molecule has 1 aromatic rings. The Balaban J connectivity index is 2.71. The highest BCUT2D eigenvalue weighted by Crippen LogP contribution is 2.34. The van der Waals surface area contributed by atoms with Crippen molar-refractivity contribution in [2.75, 3.05) is 7.11 Å². The van der Waals surface area contributed by atoms with Gasteiger partial charge in [0.1, 0.15) is 5.75 Å². The lowest BCUT2D eigenvalue weighted by molar-refractivity contribution is 0.409. The lowest BCUT2D eigenvalue weighted by atomic mass is 10.2. The fourth-order valence-corrected chi connectivity index (χ4v) is 3.06. The minimum absolute atomic E-state index is 0.319. The van der Waals surface area contributed by atoms with E-state index in [1.165, 1.54) is 5.56 Å². The van der Waals surface area contributed by atoms with Gasteiger partial charge in [-0.25, -0.2) is 0 Å². The van der Waals surface area contributed by atoms with Crippen molar-refractivity contribution in [2.24, 2.45) is 0 Å². The predicted octanol–water partition coefficient (Wildman–Crippen LogP) is 3.72. The predicted molar refractivity (Wildman–Crippen MR) is 78.1 cm³/mol. The van der Waals surface area contributed by atoms with Crippen molar-refractivity contribution in [3.63, 3.8) is 0 Å². The van der Waals surface area contributed by atoms with Gasteiger partial charge in [0.25, 0.3) is 0 Å². The van der Waals surface area contributed by atoms with E-state index in [9.17, 15) is 0 Å². The Hall–Kier alpha value is -0.500. The molecule has 0 amide bonds. The van der Waals surface area contributed by atoms with Crippen LogP contribution in [0.3, 0.4) is 0 Å². The molecule has 0 bridgehead atoms. The van der Waals surface area contributed by atoms with E-state index in [-0.39, 0.29) is 0 Å². The van der Waals surface area contributed by atoms with E-state index in [0.717, 1.165) is 27.7 Å². The summed E-state index contributed by atoms with van der Waals surface area (Å²) < 4.78 is 7.14. The Labute approximate surface area is 119 Å². The molecule has 17 heavy (non-hydrogen) atoms. The Morgan fingerprint density at radius 1 is 1.41 bits per heavy atom. The number of methoxy groups -OCH3 is 1. The smallest absolute Gasteiger partial charge is 0.147 e. The molecule has 0 aliphatic heterocycles. The summed E-state index contributed by atoms with van der Waals surface area (Å²) in [5, 5.41) is 3.37. The maximum absolute atomic E-state index is 5.26. The van der Waals surface area contributed by atoms with Gasteiger partial charge < -0.3 is 10.1 Å². The molecule has 0 aliphatic carbocycles. The van der Waals surface area contributed by atoms with E-state index in [1.807, 2.05) is 12.1 Å². The SMILES string of the molecule is C#CCC(C)NCc1cc(Br)c(OC)c(Br)c1. The summed E-state index contributed by atoms with van der Waals surface area (Å²) in [5.74, 6) is 3.45. The first-order valence-electron chi connectivity index (χ1n) is 5.27. The van der Waals surface area contributed by atoms with Gasteiger partial charge >= 0.3 is 0 Å². The van der Waals surface area contributed by atoms with E-state index in [4.69, 9.17) is 11.2 Å². The van der Waals surface area contributed by atoms with Crippen molar-refractivity contribution in [1.29, 1.82) is 0 Å². The number of benzene rings is 1. The second-order valence-electron chi connectivity index (χ2n) is 3.78. The van der Waals surface area contributed by atoms with Crippen LogP contribution in [0.15, 0.2) is 21.1 Å². The van der Waals surface area contributed by atoms with Crippen LogP contribution in [-0.4, -0.2) is 13.2 Å². The van der Waals surface area contributed by atoms with Gasteiger partial charge in [0.05, 0.1) is 16.1 Å². The number of rotatable bonds is 5. The molecule has 0 radical (unpaired) electrons. The summed E-state index contributed by atoms with van der Waals surface area (Å²) in [6.45, 7) is 2.86. The van der Waals surface area contributed by atoms with Crippen LogP contribution in [0.5, 0.6) is 5.75 Å². The zero-order chi connectivity index (χ0) is 12.8. The first-order valence-corrected chi connectivity index (χ1v) is 6.85. The summed E-state index contributed by atoms with van der Waals surface area (Å²) in [6, 6.07) is 4.40. The van der Waals surface area contributed by atoms with Gasteiger partial charge in [-0.05, 0) is 56.5 Å². The van der Waals surface area contributed by atoms with E-state index >= 15 is 0 Å². The monoisotopic (exact) mass is 359 g/mol. The zero-order valence-electron chi connectivity index (χ0n) is 9.89. The number of ether oxygens (including phenoxy) is 1. The number of nitrogens with one attached hydrogen (secondary N) is 1. The second kappa shape index (κ2) is 7.05. The Kier molecular flexibility index (Phi) is 6.04. The van der Waals surface area contributed by atoms with E-state index < -0.39 is 0 Å². The lowest BCUT2D eigenvalue weighted by Gasteiger charge is -2.13. The van der Waals surface area contributed by atoms with E-state index in [1.54, 1.807) is 7.11 Å². The fraction of sp³-hybridized carbons (Fsp3) is 0.385. The maximum atomic E-state index is 5.26. The number of terminal acetylenes is 1. The summed E-state index contributed by atoms with van der Waals surface area (Å²) >= 11 is 6.96. The normalized spacial score (nSPS) is 11.9. The first-order chi connectivity index (χ1) is 8.08. The molecule has 1 aromatic carbocycles. The zero-order valence-corrected chi connectivity index (χ0v) is 13.1. The Bertz CT molecular complexity index is 403. The van der Waals surface area contributed by atoms with Gasteiger partial charge in [0, 0.05) is 19.0 Å². The number of hydrogen-bond acceptors (Lipinski definition) is 2. The van der Waals surface area contributed by atoms with Crippen LogP contribution in [0, 0.1) is 12.3 Å². The molecule has 0 fully saturated rings. The lowest BCUT2D eigenvalue weighted by Crippen LogP contribution is -2.24. The molecule has 0 spiro atoms. The topological polar surface area (TPSA) is 21.3 Å². The molecule has 92 valence electrons. The van der Waals surface area contributed by atoms with Crippen LogP contribution >= 0.6 is 31.9 Å². The third-order valence-electron chi connectivity index (χ3n) is 2.34. The molecule has 0 saturated carbocycles. The van der Waals surface area contributed by atoms with Crippen molar-refractivity contribution in [1.82, 2.24) is 5.32 Å². The molecule has 1 rings (SSSR count). The van der Waals surface area contributed by atoms with Gasteiger partial charge in [-0.3, -0.25) is 0 Å².